The van der Waals surface area contributed by atoms with Crippen LogP contribution < -0.4 is 16.0 Å². The fourth-order valence-electron chi connectivity index (χ4n) is 7.98. The Balaban J connectivity index is 1.37. The minimum absolute atomic E-state index is 0.0441. The fourth-order valence-corrected chi connectivity index (χ4v) is 8.19. The largest absolute Gasteiger partial charge is 0.446 e. The van der Waals surface area contributed by atoms with Crippen LogP contribution >= 0.6 is 11.6 Å². The number of nitrogens with one attached hydrogen (secondary N) is 3. The third kappa shape index (κ3) is 9.69. The second-order valence-corrected chi connectivity index (χ2v) is 14.0. The summed E-state index contributed by atoms with van der Waals surface area (Å²) in [6.45, 7) is 4.23. The lowest BCUT2D eigenvalue weighted by atomic mass is 9.83. The van der Waals surface area contributed by atoms with Crippen LogP contribution in [0.25, 0.3) is 0 Å². The Hall–Kier alpha value is -2.61. The molecule has 4 rings (SSSR count). The highest BCUT2D eigenvalue weighted by Gasteiger charge is 2.43. The van der Waals surface area contributed by atoms with E-state index in [0.29, 0.717) is 23.8 Å². The van der Waals surface area contributed by atoms with Crippen LogP contribution in [0.2, 0.25) is 5.02 Å². The molecule has 8 nitrogen and oxygen atoms in total. The first-order valence-corrected chi connectivity index (χ1v) is 17.4. The minimum Gasteiger partial charge on any atom is -0.446 e. The molecule has 3 aliphatic rings. The van der Waals surface area contributed by atoms with Gasteiger partial charge in [0, 0.05) is 22.4 Å². The molecule has 2 saturated carbocycles. The Morgan fingerprint density at radius 1 is 1.05 bits per heavy atom. The Kier molecular flexibility index (Phi) is 13.0. The van der Waals surface area contributed by atoms with E-state index in [9.17, 15) is 19.2 Å². The maximum Gasteiger partial charge on any atom is 0.408 e. The van der Waals surface area contributed by atoms with Crippen LogP contribution in [0.4, 0.5) is 4.79 Å². The summed E-state index contributed by atoms with van der Waals surface area (Å²) < 4.78 is 5.93. The van der Waals surface area contributed by atoms with Gasteiger partial charge in [0.05, 0.1) is 6.04 Å². The van der Waals surface area contributed by atoms with Gasteiger partial charge in [-0.25, -0.2) is 4.79 Å². The smallest absolute Gasteiger partial charge is 0.408 e. The summed E-state index contributed by atoms with van der Waals surface area (Å²) in [4.78, 5) is 51.9. The Labute approximate surface area is 268 Å². The predicted molar refractivity (Wildman–Crippen MR) is 172 cm³/mol. The average Bonchev–Trinajstić information content (AvgIpc) is 3.55. The molecule has 5 atom stereocenters. The fraction of sp³-hybridized carbons (Fsp3) is 0.714. The van der Waals surface area contributed by atoms with Crippen LogP contribution in [-0.2, 0) is 25.5 Å². The van der Waals surface area contributed by atoms with Crippen molar-refractivity contribution in [1.82, 2.24) is 16.0 Å². The van der Waals surface area contributed by atoms with E-state index in [2.05, 4.69) is 29.8 Å². The number of carbonyl (C=O) groups excluding carboxylic acids is 4. The highest BCUT2D eigenvalue weighted by atomic mass is 35.5. The summed E-state index contributed by atoms with van der Waals surface area (Å²) >= 11 is 6.18. The van der Waals surface area contributed by atoms with Gasteiger partial charge in [-0.15, -0.1) is 0 Å². The lowest BCUT2D eigenvalue weighted by molar-refractivity contribution is -0.127. The summed E-state index contributed by atoms with van der Waals surface area (Å²) in [6, 6.07) is 6.16. The van der Waals surface area contributed by atoms with E-state index in [-0.39, 0.29) is 35.8 Å². The number of hydrogen-bond acceptors (Lipinski definition) is 5. The first-order valence-electron chi connectivity index (χ1n) is 17.0. The number of amides is 3. The normalized spacial score (nSPS) is 24.7. The van der Waals surface area contributed by atoms with E-state index in [1.807, 2.05) is 24.3 Å². The van der Waals surface area contributed by atoms with Gasteiger partial charge < -0.3 is 25.5 Å². The summed E-state index contributed by atoms with van der Waals surface area (Å²) in [7, 11) is 0. The highest BCUT2D eigenvalue weighted by molar-refractivity contribution is 6.30. The van der Waals surface area contributed by atoms with Crippen LogP contribution in [0.15, 0.2) is 24.3 Å². The molecular weight excluding hydrogens is 578 g/mol. The zero-order valence-electron chi connectivity index (χ0n) is 26.6. The topological polar surface area (TPSA) is 114 Å². The first-order chi connectivity index (χ1) is 21.2. The Bertz CT molecular complexity index is 1120. The van der Waals surface area contributed by atoms with Crippen molar-refractivity contribution in [1.29, 1.82) is 0 Å². The molecule has 1 aromatic rings. The average molecular weight is 630 g/mol. The second kappa shape index (κ2) is 16.6. The molecule has 1 heterocycles. The van der Waals surface area contributed by atoms with E-state index in [1.165, 1.54) is 6.42 Å². The van der Waals surface area contributed by atoms with Gasteiger partial charge in [-0.1, -0.05) is 82.5 Å². The van der Waals surface area contributed by atoms with Crippen LogP contribution in [0.5, 0.6) is 0 Å². The zero-order valence-corrected chi connectivity index (χ0v) is 27.3. The summed E-state index contributed by atoms with van der Waals surface area (Å²) in [5.41, 5.74) is 0.882. The van der Waals surface area contributed by atoms with Crippen LogP contribution in [0, 0.1) is 17.8 Å². The van der Waals surface area contributed by atoms with Crippen molar-refractivity contribution >= 4 is 35.8 Å². The first kappa shape index (κ1) is 34.3. The summed E-state index contributed by atoms with van der Waals surface area (Å²) in [5, 5.41) is 9.65. The van der Waals surface area contributed by atoms with E-state index >= 15 is 0 Å². The van der Waals surface area contributed by atoms with E-state index in [1.54, 1.807) is 0 Å². The Morgan fingerprint density at radius 3 is 2.48 bits per heavy atom. The Morgan fingerprint density at radius 2 is 1.80 bits per heavy atom. The number of ether oxygens (including phenoxy) is 1. The van der Waals surface area contributed by atoms with Gasteiger partial charge in [0.2, 0.25) is 11.8 Å². The third-order valence-corrected chi connectivity index (χ3v) is 10.3. The van der Waals surface area contributed by atoms with Crippen LogP contribution in [0.1, 0.15) is 116 Å². The molecule has 3 amide bonds. The molecule has 44 heavy (non-hydrogen) atoms. The van der Waals surface area contributed by atoms with Gasteiger partial charge in [-0.3, -0.25) is 9.59 Å². The predicted octanol–water partition coefficient (Wildman–Crippen LogP) is 6.67. The molecule has 0 aromatic heterocycles. The second-order valence-electron chi connectivity index (χ2n) is 13.6. The number of hydrogen-bond donors (Lipinski definition) is 3. The quantitative estimate of drug-likeness (QED) is 0.188. The molecule has 3 fully saturated rings. The molecule has 2 aliphatic carbocycles. The van der Waals surface area contributed by atoms with Crippen molar-refractivity contribution < 1.29 is 23.9 Å². The van der Waals surface area contributed by atoms with Crippen molar-refractivity contribution in [3.63, 3.8) is 0 Å². The molecule has 0 spiro atoms. The minimum atomic E-state index is -0.808. The zero-order chi connectivity index (χ0) is 31.5. The maximum absolute atomic E-state index is 13.6. The molecule has 9 heteroatoms. The molecule has 0 bridgehead atoms. The number of carbonyl (C=O) groups is 4. The summed E-state index contributed by atoms with van der Waals surface area (Å²) in [5.74, 6) is -0.261. The van der Waals surface area contributed by atoms with Gasteiger partial charge in [-0.05, 0) is 81.4 Å². The van der Waals surface area contributed by atoms with Crippen molar-refractivity contribution in [3.05, 3.63) is 34.9 Å². The standard InChI is InChI=1S/C35H52ClN3O5/c1-3-16-35(17-4-2)22-27(32(41)39-35)21-29(23-40)37-33(42)30(20-24-10-6-5-7-11-24)38-34(43)44-31-15-9-13-26(31)18-25-12-8-14-28(36)19-25/h8,12,14,19,23-24,26-27,29-31H,3-7,9-11,13,15-18,20-22H2,1-2H3,(H,37,42)(H,38,43)(H,39,41)/t26?,27?,29?,30-,31?/m0/s1. The monoisotopic (exact) mass is 629 g/mol. The van der Waals surface area contributed by atoms with Gasteiger partial charge in [0.15, 0.2) is 0 Å². The number of aldehydes is 1. The van der Waals surface area contributed by atoms with Crippen molar-refractivity contribution in [2.75, 3.05) is 0 Å². The SMILES string of the molecule is CCCC1(CCC)CC(CC(C=O)NC(=O)[C@H](CC2CCCCC2)NC(=O)OC2CCCC2Cc2cccc(Cl)c2)C(=O)N1. The molecule has 1 saturated heterocycles. The molecule has 4 unspecified atom stereocenters. The molecule has 1 aliphatic heterocycles. The maximum atomic E-state index is 13.6. The van der Waals surface area contributed by atoms with Crippen molar-refractivity contribution in [2.45, 2.75) is 140 Å². The highest BCUT2D eigenvalue weighted by Crippen LogP contribution is 2.36. The molecule has 244 valence electrons. The molecule has 3 N–H and O–H groups in total. The van der Waals surface area contributed by atoms with E-state index in [0.717, 1.165) is 88.9 Å². The van der Waals surface area contributed by atoms with Crippen LogP contribution in [0.3, 0.4) is 0 Å². The van der Waals surface area contributed by atoms with Crippen molar-refractivity contribution in [2.24, 2.45) is 17.8 Å². The van der Waals surface area contributed by atoms with E-state index < -0.39 is 24.1 Å². The lowest BCUT2D eigenvalue weighted by Crippen LogP contribution is -2.52. The molecular formula is C35H52ClN3O5. The van der Waals surface area contributed by atoms with Gasteiger partial charge >= 0.3 is 6.09 Å². The van der Waals surface area contributed by atoms with Crippen molar-refractivity contribution in [3.8, 4) is 0 Å². The van der Waals surface area contributed by atoms with Gasteiger partial charge in [0.25, 0.3) is 0 Å². The number of rotatable bonds is 15. The van der Waals surface area contributed by atoms with Gasteiger partial charge in [0.1, 0.15) is 18.4 Å². The number of benzene rings is 1. The van der Waals surface area contributed by atoms with E-state index in [4.69, 9.17) is 16.3 Å². The summed E-state index contributed by atoms with van der Waals surface area (Å²) in [6.07, 6.45) is 14.0. The number of halogens is 1. The number of alkyl carbamates (subject to hydrolysis) is 1. The molecule has 0 radical (unpaired) electrons. The third-order valence-electron chi connectivity index (χ3n) is 10.0. The van der Waals surface area contributed by atoms with Gasteiger partial charge in [-0.2, -0.15) is 0 Å². The lowest BCUT2D eigenvalue weighted by Gasteiger charge is -2.29. The van der Waals surface area contributed by atoms with Crippen LogP contribution in [-0.4, -0.2) is 47.9 Å². The molecule has 1 aromatic carbocycles.